The number of nitriles is 1. The Morgan fingerprint density at radius 2 is 2.37 bits per heavy atom. The van der Waals surface area contributed by atoms with Crippen LogP contribution in [0.5, 0.6) is 0 Å². The zero-order valence-electron chi connectivity index (χ0n) is 9.80. The van der Waals surface area contributed by atoms with Crippen molar-refractivity contribution >= 4 is 33.2 Å². The van der Waals surface area contributed by atoms with Crippen LogP contribution in [0.3, 0.4) is 0 Å². The van der Waals surface area contributed by atoms with Crippen LogP contribution in [-0.2, 0) is 11.3 Å². The van der Waals surface area contributed by atoms with Crippen molar-refractivity contribution in [2.24, 2.45) is 0 Å². The fourth-order valence-corrected chi connectivity index (χ4v) is 1.88. The van der Waals surface area contributed by atoms with E-state index in [1.165, 1.54) is 10.9 Å². The minimum atomic E-state index is -0.280. The van der Waals surface area contributed by atoms with Gasteiger partial charge in [-0.2, -0.15) is 10.4 Å². The monoisotopic (exact) mass is 319 g/mol. The van der Waals surface area contributed by atoms with Crippen molar-refractivity contribution in [1.82, 2.24) is 9.78 Å². The van der Waals surface area contributed by atoms with E-state index < -0.39 is 0 Å². The molecule has 0 saturated carbocycles. The van der Waals surface area contributed by atoms with Crippen LogP contribution in [0.1, 0.15) is 5.56 Å². The number of rotatable bonds is 3. The number of nitrogen functional groups attached to an aromatic ring is 1. The molecule has 2 aromatic rings. The van der Waals surface area contributed by atoms with Gasteiger partial charge in [-0.1, -0.05) is 15.9 Å². The Balaban J connectivity index is 2.11. The van der Waals surface area contributed by atoms with Crippen LogP contribution in [0.2, 0.25) is 0 Å². The average Bonchev–Trinajstić information content (AvgIpc) is 2.75. The number of nitrogens with two attached hydrogens (primary N) is 1. The van der Waals surface area contributed by atoms with Crippen molar-refractivity contribution < 1.29 is 4.79 Å². The van der Waals surface area contributed by atoms with Crippen molar-refractivity contribution in [3.05, 3.63) is 40.6 Å². The Bertz CT molecular complexity index is 658. The number of nitrogens with zero attached hydrogens (tertiary/aromatic N) is 3. The zero-order valence-corrected chi connectivity index (χ0v) is 11.4. The van der Waals surface area contributed by atoms with Gasteiger partial charge in [0.1, 0.15) is 12.6 Å². The number of anilines is 2. The van der Waals surface area contributed by atoms with Crippen molar-refractivity contribution in [3.8, 4) is 6.07 Å². The molecule has 2 rings (SSSR count). The van der Waals surface area contributed by atoms with Gasteiger partial charge in [0.2, 0.25) is 5.91 Å². The molecule has 0 spiro atoms. The van der Waals surface area contributed by atoms with Crippen molar-refractivity contribution in [2.75, 3.05) is 11.1 Å². The molecule has 0 radical (unpaired) electrons. The van der Waals surface area contributed by atoms with Crippen molar-refractivity contribution in [3.63, 3.8) is 0 Å². The van der Waals surface area contributed by atoms with Crippen LogP contribution in [0, 0.1) is 11.3 Å². The van der Waals surface area contributed by atoms with Gasteiger partial charge in [-0.3, -0.25) is 9.48 Å². The number of hydrogen-bond acceptors (Lipinski definition) is 4. The first-order valence-corrected chi connectivity index (χ1v) is 6.15. The lowest BCUT2D eigenvalue weighted by atomic mass is 10.2. The average molecular weight is 320 g/mol. The van der Waals surface area contributed by atoms with Gasteiger partial charge in [0.05, 0.1) is 23.1 Å². The summed E-state index contributed by atoms with van der Waals surface area (Å²) in [6, 6.07) is 7.06. The molecule has 0 atom stereocenters. The van der Waals surface area contributed by atoms with Gasteiger partial charge in [-0.15, -0.1) is 0 Å². The van der Waals surface area contributed by atoms with E-state index in [-0.39, 0.29) is 12.5 Å². The molecular weight excluding hydrogens is 310 g/mol. The van der Waals surface area contributed by atoms with Gasteiger partial charge in [-0.05, 0) is 18.2 Å². The Labute approximate surface area is 118 Å². The van der Waals surface area contributed by atoms with Crippen LogP contribution in [0.25, 0.3) is 0 Å². The number of aromatic nitrogens is 2. The van der Waals surface area contributed by atoms with E-state index >= 15 is 0 Å². The van der Waals surface area contributed by atoms with Gasteiger partial charge >= 0.3 is 0 Å². The lowest BCUT2D eigenvalue weighted by Gasteiger charge is -2.07. The minimum absolute atomic E-state index is 0.0363. The summed E-state index contributed by atoms with van der Waals surface area (Å²) < 4.78 is 2.21. The van der Waals surface area contributed by atoms with Crippen molar-refractivity contribution in [1.29, 1.82) is 5.26 Å². The molecule has 6 nitrogen and oxygen atoms in total. The Morgan fingerprint density at radius 3 is 3.00 bits per heavy atom. The summed E-state index contributed by atoms with van der Waals surface area (Å²) in [6.07, 6.45) is 3.03. The predicted molar refractivity (Wildman–Crippen MR) is 74.1 cm³/mol. The molecule has 1 heterocycles. The third-order valence-corrected chi connectivity index (χ3v) is 2.83. The summed E-state index contributed by atoms with van der Waals surface area (Å²) in [7, 11) is 0. The quantitative estimate of drug-likeness (QED) is 0.900. The highest BCUT2D eigenvalue weighted by molar-refractivity contribution is 9.10. The molecule has 0 saturated heterocycles. The summed E-state index contributed by atoms with van der Waals surface area (Å²) in [5.74, 6) is -0.280. The number of halogens is 1. The molecule has 7 heteroatoms. The second-order valence-electron chi connectivity index (χ2n) is 3.82. The van der Waals surface area contributed by atoms with Crippen LogP contribution >= 0.6 is 15.9 Å². The van der Waals surface area contributed by atoms with Gasteiger partial charge in [0, 0.05) is 10.7 Å². The van der Waals surface area contributed by atoms with E-state index in [2.05, 4.69) is 26.3 Å². The third-order valence-electron chi connectivity index (χ3n) is 2.33. The number of carbonyl (C=O) groups excluding carboxylic acids is 1. The second-order valence-corrected chi connectivity index (χ2v) is 4.74. The minimum Gasteiger partial charge on any atom is -0.396 e. The maximum Gasteiger partial charge on any atom is 0.246 e. The predicted octanol–water partition coefficient (Wildman–Crippen LogP) is 1.74. The van der Waals surface area contributed by atoms with Gasteiger partial charge in [-0.25, -0.2) is 0 Å². The van der Waals surface area contributed by atoms with Gasteiger partial charge < -0.3 is 11.1 Å². The Hall–Kier alpha value is -2.33. The summed E-state index contributed by atoms with van der Waals surface area (Å²) in [4.78, 5) is 11.8. The first-order chi connectivity index (χ1) is 9.08. The molecule has 19 heavy (non-hydrogen) atoms. The van der Waals surface area contributed by atoms with Crippen LogP contribution < -0.4 is 11.1 Å². The molecular formula is C12H10BrN5O. The van der Waals surface area contributed by atoms with E-state index in [0.717, 1.165) is 4.47 Å². The lowest BCUT2D eigenvalue weighted by molar-refractivity contribution is -0.116. The van der Waals surface area contributed by atoms with E-state index in [1.807, 2.05) is 6.07 Å². The molecule has 0 bridgehead atoms. The van der Waals surface area contributed by atoms with E-state index in [1.54, 1.807) is 24.4 Å². The standard InChI is InChI=1S/C12H10BrN5O/c13-9-2-1-8(4-14)11(3-9)17-12(19)7-18-6-10(15)5-16-18/h1-3,5-6H,7,15H2,(H,17,19). The van der Waals surface area contributed by atoms with Gasteiger partial charge in [0.25, 0.3) is 0 Å². The maximum atomic E-state index is 11.8. The zero-order chi connectivity index (χ0) is 13.8. The van der Waals surface area contributed by atoms with Crippen LogP contribution in [-0.4, -0.2) is 15.7 Å². The molecule has 0 aliphatic carbocycles. The molecule has 1 aromatic carbocycles. The number of hydrogen-bond donors (Lipinski definition) is 2. The fourth-order valence-electron chi connectivity index (χ4n) is 1.52. The normalized spacial score (nSPS) is 9.89. The molecule has 3 N–H and O–H groups in total. The number of nitrogens with one attached hydrogen (secondary N) is 1. The summed E-state index contributed by atoms with van der Waals surface area (Å²) >= 11 is 3.29. The van der Waals surface area contributed by atoms with E-state index in [4.69, 9.17) is 11.0 Å². The molecule has 0 fully saturated rings. The first-order valence-electron chi connectivity index (χ1n) is 5.36. The smallest absolute Gasteiger partial charge is 0.246 e. The molecule has 0 unspecified atom stereocenters. The highest BCUT2D eigenvalue weighted by Gasteiger charge is 2.08. The van der Waals surface area contributed by atoms with E-state index in [0.29, 0.717) is 16.9 Å². The lowest BCUT2D eigenvalue weighted by Crippen LogP contribution is -2.19. The Kier molecular flexibility index (Phi) is 3.82. The molecule has 1 aromatic heterocycles. The van der Waals surface area contributed by atoms with Crippen molar-refractivity contribution in [2.45, 2.75) is 6.54 Å². The maximum absolute atomic E-state index is 11.8. The number of amides is 1. The summed E-state index contributed by atoms with van der Waals surface area (Å²) in [5.41, 5.74) is 6.86. The topological polar surface area (TPSA) is 96.7 Å². The number of benzene rings is 1. The SMILES string of the molecule is N#Cc1ccc(Br)cc1NC(=O)Cn1cc(N)cn1. The third kappa shape index (κ3) is 3.33. The number of carbonyl (C=O) groups is 1. The molecule has 0 aliphatic rings. The van der Waals surface area contributed by atoms with Crippen LogP contribution in [0.4, 0.5) is 11.4 Å². The first kappa shape index (κ1) is 13.1. The van der Waals surface area contributed by atoms with E-state index in [9.17, 15) is 4.79 Å². The highest BCUT2D eigenvalue weighted by atomic mass is 79.9. The van der Waals surface area contributed by atoms with Gasteiger partial charge in [0.15, 0.2) is 0 Å². The fraction of sp³-hybridized carbons (Fsp3) is 0.0833. The summed E-state index contributed by atoms with van der Waals surface area (Å²) in [6.45, 7) is 0.0363. The molecule has 1 amide bonds. The second kappa shape index (κ2) is 5.54. The highest BCUT2D eigenvalue weighted by Crippen LogP contribution is 2.20. The van der Waals surface area contributed by atoms with Crippen LogP contribution in [0.15, 0.2) is 35.1 Å². The Morgan fingerprint density at radius 1 is 1.58 bits per heavy atom. The molecule has 0 aliphatic heterocycles. The summed E-state index contributed by atoms with van der Waals surface area (Å²) in [5, 5.41) is 15.5. The molecule has 96 valence electrons. The largest absolute Gasteiger partial charge is 0.396 e.